The predicted molar refractivity (Wildman–Crippen MR) is 44.1 cm³/mol. The number of esters is 2. The summed E-state index contributed by atoms with van der Waals surface area (Å²) in [4.78, 5) is 21.7. The first kappa shape index (κ1) is 8.00. The lowest BCUT2D eigenvalue weighted by molar-refractivity contribution is -0.132. The van der Waals surface area contributed by atoms with Gasteiger partial charge in [0.15, 0.2) is 11.5 Å². The van der Waals surface area contributed by atoms with Crippen LogP contribution in [0.2, 0.25) is 0 Å². The van der Waals surface area contributed by atoms with Crippen LogP contribution >= 0.6 is 31.9 Å². The lowest BCUT2D eigenvalue weighted by Crippen LogP contribution is -1.99. The first-order valence-electron chi connectivity index (χ1n) is 2.85. The molecule has 0 saturated carbocycles. The fraction of sp³-hybridized carbons (Fsp3) is 0. The molecule has 0 unspecified atom stereocenters. The molecule has 0 aliphatic carbocycles. The third kappa shape index (κ3) is 0.879. The topological polar surface area (TPSA) is 52.6 Å². The largest absolute Gasteiger partial charge is 0.417 e. The average Bonchev–Trinajstić information content (AvgIpc) is 2.43. The van der Waals surface area contributed by atoms with E-state index in [2.05, 4.69) is 31.9 Å². The molecule has 62 valence electrons. The van der Waals surface area contributed by atoms with Crippen LogP contribution in [0.5, 0.6) is 0 Å². The number of rotatable bonds is 0. The van der Waals surface area contributed by atoms with Gasteiger partial charge in [0.25, 0.3) is 0 Å². The maximum atomic E-state index is 10.9. The zero-order chi connectivity index (χ0) is 8.88. The van der Waals surface area contributed by atoms with Gasteiger partial charge in [0.1, 0.15) is 8.96 Å². The van der Waals surface area contributed by atoms with E-state index in [4.69, 9.17) is 9.47 Å². The molecular formula is C6Br2O4. The molecule has 2 heterocycles. The van der Waals surface area contributed by atoms with Gasteiger partial charge in [0.2, 0.25) is 0 Å². The van der Waals surface area contributed by atoms with Crippen LogP contribution in [0.15, 0.2) is 20.5 Å². The van der Waals surface area contributed by atoms with E-state index in [1.807, 2.05) is 0 Å². The second-order valence-corrected chi connectivity index (χ2v) is 3.65. The zero-order valence-corrected chi connectivity index (χ0v) is 8.56. The van der Waals surface area contributed by atoms with Gasteiger partial charge in [-0.05, 0) is 31.9 Å². The van der Waals surface area contributed by atoms with Crippen molar-refractivity contribution in [2.45, 2.75) is 0 Å². The number of fused-ring (bicyclic) bond motifs is 1. The number of ether oxygens (including phenoxy) is 2. The van der Waals surface area contributed by atoms with E-state index >= 15 is 0 Å². The summed E-state index contributed by atoms with van der Waals surface area (Å²) in [6.45, 7) is 0. The van der Waals surface area contributed by atoms with Gasteiger partial charge in [-0.15, -0.1) is 0 Å². The fourth-order valence-corrected chi connectivity index (χ4v) is 1.53. The molecule has 0 bridgehead atoms. The van der Waals surface area contributed by atoms with Crippen LogP contribution in [0.25, 0.3) is 0 Å². The SMILES string of the molecule is O=C1OC2=C(Br)C(=O)OC2=C1Br. The molecule has 6 heteroatoms. The second-order valence-electron chi connectivity index (χ2n) is 2.07. The van der Waals surface area contributed by atoms with Crippen LogP contribution < -0.4 is 0 Å². The van der Waals surface area contributed by atoms with Gasteiger partial charge in [0, 0.05) is 0 Å². The molecule has 0 N–H and O–H groups in total. The molecule has 2 aliphatic rings. The molecule has 0 aromatic rings. The summed E-state index contributed by atoms with van der Waals surface area (Å²) in [6, 6.07) is 0. The molecule has 0 spiro atoms. The van der Waals surface area contributed by atoms with Crippen molar-refractivity contribution < 1.29 is 19.1 Å². The van der Waals surface area contributed by atoms with Crippen molar-refractivity contribution in [2.24, 2.45) is 0 Å². The Labute approximate surface area is 83.5 Å². The Bertz CT molecular complexity index is 330. The second kappa shape index (κ2) is 2.43. The standard InChI is InChI=1S/C6Br2O4/c7-1-3-4(12-5(1)9)2(8)6(10)11-3. The van der Waals surface area contributed by atoms with Gasteiger partial charge in [-0.3, -0.25) is 0 Å². The van der Waals surface area contributed by atoms with E-state index in [0.29, 0.717) is 0 Å². The quantitative estimate of drug-likeness (QED) is 0.633. The van der Waals surface area contributed by atoms with E-state index in [0.717, 1.165) is 0 Å². The monoisotopic (exact) mass is 294 g/mol. The highest BCUT2D eigenvalue weighted by Crippen LogP contribution is 2.39. The first-order valence-corrected chi connectivity index (χ1v) is 4.44. The van der Waals surface area contributed by atoms with Crippen molar-refractivity contribution in [1.82, 2.24) is 0 Å². The van der Waals surface area contributed by atoms with Crippen molar-refractivity contribution in [2.75, 3.05) is 0 Å². The fourth-order valence-electron chi connectivity index (χ4n) is 0.842. The van der Waals surface area contributed by atoms with Crippen LogP contribution in [0.4, 0.5) is 0 Å². The van der Waals surface area contributed by atoms with E-state index in [1.54, 1.807) is 0 Å². The highest BCUT2D eigenvalue weighted by Gasteiger charge is 2.40. The van der Waals surface area contributed by atoms with Crippen molar-refractivity contribution in [3.63, 3.8) is 0 Å². The van der Waals surface area contributed by atoms with E-state index in [1.165, 1.54) is 0 Å². The summed E-state index contributed by atoms with van der Waals surface area (Å²) < 4.78 is 9.69. The van der Waals surface area contributed by atoms with Crippen molar-refractivity contribution >= 4 is 43.8 Å². The van der Waals surface area contributed by atoms with Gasteiger partial charge in [0.05, 0.1) is 0 Å². The van der Waals surface area contributed by atoms with Crippen LogP contribution in [-0.4, -0.2) is 11.9 Å². The Hall–Kier alpha value is -0.620. The molecule has 0 saturated heterocycles. The maximum absolute atomic E-state index is 10.9. The van der Waals surface area contributed by atoms with Gasteiger partial charge in [-0.2, -0.15) is 0 Å². The third-order valence-corrected chi connectivity index (χ3v) is 2.72. The average molecular weight is 296 g/mol. The third-order valence-electron chi connectivity index (χ3n) is 1.35. The Kier molecular flexibility index (Phi) is 1.62. The summed E-state index contributed by atoms with van der Waals surface area (Å²) in [6.07, 6.45) is 0. The van der Waals surface area contributed by atoms with Crippen LogP contribution in [0.1, 0.15) is 0 Å². The number of hydrogen-bond acceptors (Lipinski definition) is 4. The van der Waals surface area contributed by atoms with Crippen LogP contribution in [0, 0.1) is 0 Å². The van der Waals surface area contributed by atoms with Crippen molar-refractivity contribution in [1.29, 1.82) is 0 Å². The summed E-state index contributed by atoms with van der Waals surface area (Å²) in [7, 11) is 0. The number of carbonyl (C=O) groups is 2. The predicted octanol–water partition coefficient (Wildman–Crippen LogP) is 1.31. The normalized spacial score (nSPS) is 21.5. The molecule has 12 heavy (non-hydrogen) atoms. The Balaban J connectivity index is 2.59. The van der Waals surface area contributed by atoms with E-state index in [-0.39, 0.29) is 20.5 Å². The first-order chi connectivity index (χ1) is 5.61. The van der Waals surface area contributed by atoms with E-state index in [9.17, 15) is 9.59 Å². The Morgan fingerprint density at radius 1 is 0.833 bits per heavy atom. The summed E-state index contributed by atoms with van der Waals surface area (Å²) in [5.74, 6) is -0.803. The molecule has 4 nitrogen and oxygen atoms in total. The molecular weight excluding hydrogens is 296 g/mol. The molecule has 0 amide bonds. The van der Waals surface area contributed by atoms with Crippen molar-refractivity contribution in [3.8, 4) is 0 Å². The zero-order valence-electron chi connectivity index (χ0n) is 5.39. The molecule has 0 atom stereocenters. The van der Waals surface area contributed by atoms with Crippen LogP contribution in [0.3, 0.4) is 0 Å². The molecule has 0 radical (unpaired) electrons. The minimum Gasteiger partial charge on any atom is -0.417 e. The minimum atomic E-state index is -0.551. The van der Waals surface area contributed by atoms with Gasteiger partial charge >= 0.3 is 11.9 Å². The van der Waals surface area contributed by atoms with Crippen LogP contribution in [-0.2, 0) is 19.1 Å². The number of halogens is 2. The van der Waals surface area contributed by atoms with Crippen molar-refractivity contribution in [3.05, 3.63) is 20.5 Å². The highest BCUT2D eigenvalue weighted by atomic mass is 79.9. The summed E-state index contributed by atoms with van der Waals surface area (Å²) in [5.41, 5.74) is 0. The molecule has 0 fully saturated rings. The summed E-state index contributed by atoms with van der Waals surface area (Å²) >= 11 is 5.88. The molecule has 2 aliphatic heterocycles. The molecule has 2 rings (SSSR count). The Morgan fingerprint density at radius 3 is 1.50 bits per heavy atom. The maximum Gasteiger partial charge on any atom is 0.354 e. The highest BCUT2D eigenvalue weighted by molar-refractivity contribution is 9.12. The minimum absolute atomic E-state index is 0.139. The molecule has 0 aromatic carbocycles. The lowest BCUT2D eigenvalue weighted by atomic mass is 10.4. The summed E-state index contributed by atoms with van der Waals surface area (Å²) in [5, 5.41) is 0. The molecule has 0 aromatic heterocycles. The van der Waals surface area contributed by atoms with E-state index < -0.39 is 11.9 Å². The van der Waals surface area contributed by atoms with Gasteiger partial charge in [-0.25, -0.2) is 9.59 Å². The smallest absolute Gasteiger partial charge is 0.354 e. The van der Waals surface area contributed by atoms with Gasteiger partial charge in [-0.1, -0.05) is 0 Å². The Morgan fingerprint density at radius 2 is 1.17 bits per heavy atom. The number of carbonyl (C=O) groups excluding carboxylic acids is 2. The number of hydrogen-bond donors (Lipinski definition) is 0. The van der Waals surface area contributed by atoms with Gasteiger partial charge < -0.3 is 9.47 Å². The lowest BCUT2D eigenvalue weighted by Gasteiger charge is -1.90.